The maximum absolute atomic E-state index is 14.4. The number of hydrogen-bond acceptors (Lipinski definition) is 7. The molecule has 2 aromatic rings. The summed E-state index contributed by atoms with van der Waals surface area (Å²) in [6, 6.07) is 11.7. The highest BCUT2D eigenvalue weighted by Crippen LogP contribution is 2.66. The number of benzene rings is 2. The van der Waals surface area contributed by atoms with Crippen LogP contribution in [0.25, 0.3) is 11.1 Å². The third kappa shape index (κ3) is 4.24. The number of aromatic hydroxyl groups is 1. The molecular weight excluding hydrogens is 558 g/mol. The van der Waals surface area contributed by atoms with Crippen molar-refractivity contribution < 1.29 is 34.8 Å². The molecule has 0 spiro atoms. The van der Waals surface area contributed by atoms with E-state index in [1.165, 1.54) is 37.3 Å². The van der Waals surface area contributed by atoms with Gasteiger partial charge in [0.25, 0.3) is 0 Å². The fourth-order valence-electron chi connectivity index (χ4n) is 10.2. The van der Waals surface area contributed by atoms with Gasteiger partial charge in [0, 0.05) is 5.41 Å². The monoisotopic (exact) mass is 603 g/mol. The molecule has 3 saturated carbocycles. The first-order chi connectivity index (χ1) is 20.7. The SMILES string of the molecule is CC(C)[C@H]1C(O)[C@@H](C(N)=O)C(=O)[C@]2(O)C(O)[C@H]3C(=O)c4c(O)ccc(-c5cccc(CC6CCCC6)c5)c4C[C@]3(C)C[C@]12C. The third-order valence-electron chi connectivity index (χ3n) is 11.9. The van der Waals surface area contributed by atoms with Gasteiger partial charge in [-0.1, -0.05) is 83.7 Å². The van der Waals surface area contributed by atoms with E-state index in [-0.39, 0.29) is 23.7 Å². The molecule has 4 aliphatic rings. The summed E-state index contributed by atoms with van der Waals surface area (Å²) < 4.78 is 0. The van der Waals surface area contributed by atoms with E-state index in [1.807, 2.05) is 39.0 Å². The van der Waals surface area contributed by atoms with Gasteiger partial charge in [-0.15, -0.1) is 0 Å². The van der Waals surface area contributed by atoms with E-state index in [2.05, 4.69) is 12.1 Å². The maximum Gasteiger partial charge on any atom is 0.230 e. The number of ketones is 2. The molecule has 4 aliphatic carbocycles. The van der Waals surface area contributed by atoms with E-state index >= 15 is 0 Å². The highest BCUT2D eigenvalue weighted by Gasteiger charge is 2.75. The van der Waals surface area contributed by atoms with Crippen LogP contribution in [0.1, 0.15) is 81.3 Å². The molecule has 0 aliphatic heterocycles. The molecule has 0 radical (unpaired) electrons. The molecule has 44 heavy (non-hydrogen) atoms. The Labute approximate surface area is 258 Å². The number of Topliss-reactive ketones (excluding diaryl/α,β-unsaturated/α-hetero) is 2. The quantitative estimate of drug-likeness (QED) is 0.324. The third-order valence-corrected chi connectivity index (χ3v) is 11.9. The minimum atomic E-state index is -2.51. The Balaban J connectivity index is 1.48. The Kier molecular flexibility index (Phi) is 7.38. The number of aliphatic hydroxyl groups is 3. The molecule has 0 aromatic heterocycles. The minimum absolute atomic E-state index is 0.0904. The summed E-state index contributed by atoms with van der Waals surface area (Å²) in [5, 5.41) is 46.7. The van der Waals surface area contributed by atoms with Crippen LogP contribution in [0, 0.1) is 40.4 Å². The van der Waals surface area contributed by atoms with Crippen molar-refractivity contribution in [1.82, 2.24) is 0 Å². The van der Waals surface area contributed by atoms with Crippen molar-refractivity contribution in [3.05, 3.63) is 53.1 Å². The van der Waals surface area contributed by atoms with Crippen molar-refractivity contribution in [2.45, 2.75) is 90.4 Å². The van der Waals surface area contributed by atoms with Crippen LogP contribution in [0.15, 0.2) is 36.4 Å². The van der Waals surface area contributed by atoms with Gasteiger partial charge in [0.2, 0.25) is 5.91 Å². The van der Waals surface area contributed by atoms with E-state index in [0.717, 1.165) is 17.5 Å². The van der Waals surface area contributed by atoms with Crippen LogP contribution in [0.4, 0.5) is 0 Å². The van der Waals surface area contributed by atoms with Crippen molar-refractivity contribution in [3.63, 3.8) is 0 Å². The first-order valence-electron chi connectivity index (χ1n) is 16.1. The van der Waals surface area contributed by atoms with E-state index in [4.69, 9.17) is 5.73 Å². The number of amides is 1. The van der Waals surface area contributed by atoms with E-state index in [1.54, 1.807) is 6.92 Å². The lowest BCUT2D eigenvalue weighted by Crippen LogP contribution is -2.79. The predicted octanol–water partition coefficient (Wildman–Crippen LogP) is 3.97. The Morgan fingerprint density at radius 2 is 1.75 bits per heavy atom. The summed E-state index contributed by atoms with van der Waals surface area (Å²) >= 11 is 0. The summed E-state index contributed by atoms with van der Waals surface area (Å²) in [4.78, 5) is 40.7. The van der Waals surface area contributed by atoms with E-state index in [9.17, 15) is 34.8 Å². The van der Waals surface area contributed by atoms with Crippen LogP contribution in [-0.2, 0) is 22.4 Å². The van der Waals surface area contributed by atoms with Crippen LogP contribution in [0.5, 0.6) is 5.75 Å². The second-order valence-electron chi connectivity index (χ2n) is 15.0. The summed E-state index contributed by atoms with van der Waals surface area (Å²) in [5.41, 5.74) is 4.48. The number of nitrogens with two attached hydrogens (primary N) is 1. The Morgan fingerprint density at radius 3 is 2.39 bits per heavy atom. The number of aliphatic hydroxyl groups excluding tert-OH is 2. The van der Waals surface area contributed by atoms with Gasteiger partial charge in [0.05, 0.1) is 17.6 Å². The van der Waals surface area contributed by atoms with Gasteiger partial charge in [-0.2, -0.15) is 0 Å². The van der Waals surface area contributed by atoms with E-state index in [0.29, 0.717) is 17.9 Å². The average molecular weight is 604 g/mol. The molecule has 0 saturated heterocycles. The van der Waals surface area contributed by atoms with Crippen LogP contribution < -0.4 is 5.73 Å². The lowest BCUT2D eigenvalue weighted by molar-refractivity contribution is -0.265. The molecule has 0 bridgehead atoms. The molecule has 8 heteroatoms. The van der Waals surface area contributed by atoms with Gasteiger partial charge in [-0.25, -0.2) is 0 Å². The fraction of sp³-hybridized carbons (Fsp3) is 0.583. The number of carbonyl (C=O) groups is 3. The lowest BCUT2D eigenvalue weighted by Gasteiger charge is -2.66. The van der Waals surface area contributed by atoms with Crippen molar-refractivity contribution >= 4 is 17.5 Å². The molecule has 8 atom stereocenters. The van der Waals surface area contributed by atoms with Crippen molar-refractivity contribution in [2.75, 3.05) is 0 Å². The first-order valence-corrected chi connectivity index (χ1v) is 16.1. The predicted molar refractivity (Wildman–Crippen MR) is 165 cm³/mol. The highest BCUT2D eigenvalue weighted by molar-refractivity contribution is 6.09. The molecule has 0 heterocycles. The smallest absolute Gasteiger partial charge is 0.230 e. The van der Waals surface area contributed by atoms with Gasteiger partial charge >= 0.3 is 0 Å². The highest BCUT2D eigenvalue weighted by atomic mass is 16.4. The standard InChI is InChI=1S/C36H45NO7/c1-18(2)27-30(40)26(33(37)43)31(41)36(44)32(42)28-29(39)25-23(16-34(28,3)17-35(27,36)4)22(12-13-24(25)38)21-11-7-10-20(15-21)14-19-8-5-6-9-19/h7,10-13,15,18-19,26-28,30,32,38,40,42,44H,5-6,8-9,14,16-17H2,1-4H3,(H2,37,43)/t26-,27+,28-,30?,32?,34-,35-,36+/m1/s1. The van der Waals surface area contributed by atoms with Gasteiger partial charge < -0.3 is 26.2 Å². The number of primary amides is 1. The molecule has 3 fully saturated rings. The summed E-state index contributed by atoms with van der Waals surface area (Å²) in [5.74, 6) is -6.26. The van der Waals surface area contributed by atoms with Crippen molar-refractivity contribution in [1.29, 1.82) is 0 Å². The van der Waals surface area contributed by atoms with Gasteiger partial charge in [0.1, 0.15) is 17.8 Å². The van der Waals surface area contributed by atoms with Gasteiger partial charge in [-0.3, -0.25) is 14.4 Å². The molecule has 236 valence electrons. The number of carbonyl (C=O) groups excluding carboxylic acids is 3. The van der Waals surface area contributed by atoms with Crippen LogP contribution in [0.3, 0.4) is 0 Å². The summed E-state index contributed by atoms with van der Waals surface area (Å²) in [6.45, 7) is 7.23. The zero-order valence-corrected chi connectivity index (χ0v) is 26.0. The molecule has 6 N–H and O–H groups in total. The zero-order chi connectivity index (χ0) is 31.9. The second-order valence-corrected chi connectivity index (χ2v) is 15.0. The number of rotatable bonds is 5. The van der Waals surface area contributed by atoms with Gasteiger partial charge in [-0.05, 0) is 70.8 Å². The largest absolute Gasteiger partial charge is 0.507 e. The molecule has 1 amide bonds. The zero-order valence-electron chi connectivity index (χ0n) is 26.0. The van der Waals surface area contributed by atoms with Gasteiger partial charge in [0.15, 0.2) is 17.2 Å². The van der Waals surface area contributed by atoms with E-state index < -0.39 is 63.9 Å². The fourth-order valence-corrected chi connectivity index (χ4v) is 10.2. The molecular formula is C36H45NO7. The molecule has 2 aromatic carbocycles. The summed E-state index contributed by atoms with van der Waals surface area (Å²) in [6.07, 6.45) is 3.07. The van der Waals surface area contributed by atoms with Crippen molar-refractivity contribution in [3.8, 4) is 16.9 Å². The van der Waals surface area contributed by atoms with Crippen LogP contribution in [-0.4, -0.2) is 55.7 Å². The second kappa shape index (κ2) is 10.5. The van der Waals surface area contributed by atoms with Crippen LogP contribution in [0.2, 0.25) is 0 Å². The molecule has 6 rings (SSSR count). The minimum Gasteiger partial charge on any atom is -0.507 e. The maximum atomic E-state index is 14.4. The Bertz CT molecular complexity index is 1530. The summed E-state index contributed by atoms with van der Waals surface area (Å²) in [7, 11) is 0. The number of phenolic OH excluding ortho intramolecular Hbond substituents is 1. The molecule has 2 unspecified atom stereocenters. The lowest BCUT2D eigenvalue weighted by atomic mass is 9.39. The number of phenols is 1. The van der Waals surface area contributed by atoms with Crippen molar-refractivity contribution in [2.24, 2.45) is 46.2 Å². The first kappa shape index (κ1) is 30.9. The average Bonchev–Trinajstić information content (AvgIpc) is 3.43. The topological polar surface area (TPSA) is 158 Å². The van der Waals surface area contributed by atoms with Crippen LogP contribution >= 0.6 is 0 Å². The Morgan fingerprint density at radius 1 is 1.07 bits per heavy atom. The normalized spacial score (nSPS) is 37.0. The Hall–Kier alpha value is -3.07. The molecule has 8 nitrogen and oxygen atoms in total. The number of hydrogen-bond donors (Lipinski definition) is 5. The number of fused-ring (bicyclic) bond motifs is 3.